The van der Waals surface area contributed by atoms with Crippen LogP contribution in [0.15, 0.2) is 48.5 Å². The molecular formula is C17H20N2O2S. The second kappa shape index (κ2) is 8.24. The summed E-state index contributed by atoms with van der Waals surface area (Å²) in [5, 5.41) is 6.89. The van der Waals surface area contributed by atoms with Gasteiger partial charge in [0.25, 0.3) is 0 Å². The summed E-state index contributed by atoms with van der Waals surface area (Å²) in [5.41, 5.74) is 1.95. The number of methoxy groups -OCH3 is 1. The van der Waals surface area contributed by atoms with Crippen molar-refractivity contribution in [3.05, 3.63) is 54.1 Å². The summed E-state index contributed by atoms with van der Waals surface area (Å²) in [6, 6.07) is 15.6. The maximum atomic E-state index is 5.56. The zero-order valence-corrected chi connectivity index (χ0v) is 13.6. The van der Waals surface area contributed by atoms with Crippen LogP contribution in [0.4, 0.5) is 5.69 Å². The Morgan fingerprint density at radius 2 is 1.95 bits per heavy atom. The smallest absolute Gasteiger partial charge is 0.171 e. The molecule has 0 saturated carbocycles. The fourth-order valence-corrected chi connectivity index (χ4v) is 2.16. The Morgan fingerprint density at radius 3 is 2.73 bits per heavy atom. The summed E-state index contributed by atoms with van der Waals surface area (Å²) < 4.78 is 10.8. The molecule has 0 radical (unpaired) electrons. The topological polar surface area (TPSA) is 42.5 Å². The van der Waals surface area contributed by atoms with Gasteiger partial charge in [0.15, 0.2) is 5.11 Å². The van der Waals surface area contributed by atoms with Crippen molar-refractivity contribution < 1.29 is 9.47 Å². The van der Waals surface area contributed by atoms with Gasteiger partial charge in [0.05, 0.1) is 19.4 Å². The fraction of sp³-hybridized carbons (Fsp3) is 0.235. The third kappa shape index (κ3) is 4.63. The van der Waals surface area contributed by atoms with Crippen molar-refractivity contribution in [3.8, 4) is 11.5 Å². The van der Waals surface area contributed by atoms with E-state index in [2.05, 4.69) is 10.6 Å². The number of rotatable bonds is 6. The van der Waals surface area contributed by atoms with Crippen LogP contribution >= 0.6 is 12.2 Å². The number of anilines is 1. The standard InChI is InChI=1S/C17H20N2O2S/c1-3-21-16-10-5-4-9-15(16)19-17(22)18-12-13-7-6-8-14(11-13)20-2/h4-11H,3,12H2,1-2H3,(H2,18,19,22). The lowest BCUT2D eigenvalue weighted by Gasteiger charge is -2.14. The Hall–Kier alpha value is -2.27. The molecule has 0 heterocycles. The van der Waals surface area contributed by atoms with Crippen LogP contribution in [-0.2, 0) is 6.54 Å². The molecule has 0 bridgehead atoms. The van der Waals surface area contributed by atoms with E-state index >= 15 is 0 Å². The molecular weight excluding hydrogens is 296 g/mol. The van der Waals surface area contributed by atoms with Crippen LogP contribution in [0.2, 0.25) is 0 Å². The van der Waals surface area contributed by atoms with E-state index in [1.54, 1.807) is 7.11 Å². The molecule has 2 rings (SSSR count). The van der Waals surface area contributed by atoms with Gasteiger partial charge in [0.2, 0.25) is 0 Å². The molecule has 0 spiro atoms. The first-order chi connectivity index (χ1) is 10.7. The lowest BCUT2D eigenvalue weighted by molar-refractivity contribution is 0.342. The van der Waals surface area contributed by atoms with Crippen LogP contribution in [0.5, 0.6) is 11.5 Å². The second-order valence-electron chi connectivity index (χ2n) is 4.59. The van der Waals surface area contributed by atoms with Crippen molar-refractivity contribution in [1.82, 2.24) is 5.32 Å². The fourth-order valence-electron chi connectivity index (χ4n) is 1.98. The van der Waals surface area contributed by atoms with E-state index in [9.17, 15) is 0 Å². The van der Waals surface area contributed by atoms with Crippen molar-refractivity contribution in [2.75, 3.05) is 19.0 Å². The molecule has 0 aliphatic carbocycles. The highest BCUT2D eigenvalue weighted by Crippen LogP contribution is 2.23. The highest BCUT2D eigenvalue weighted by Gasteiger charge is 2.04. The molecule has 0 fully saturated rings. The van der Waals surface area contributed by atoms with E-state index in [0.29, 0.717) is 18.3 Å². The Bertz CT molecular complexity index is 632. The quantitative estimate of drug-likeness (QED) is 0.797. The van der Waals surface area contributed by atoms with Gasteiger partial charge in [0.1, 0.15) is 11.5 Å². The molecule has 116 valence electrons. The largest absolute Gasteiger partial charge is 0.497 e. The molecule has 2 N–H and O–H groups in total. The predicted molar refractivity (Wildman–Crippen MR) is 93.7 cm³/mol. The Balaban J connectivity index is 1.93. The second-order valence-corrected chi connectivity index (χ2v) is 5.00. The first-order valence-electron chi connectivity index (χ1n) is 7.12. The number of hydrogen-bond donors (Lipinski definition) is 2. The number of benzene rings is 2. The molecule has 2 aromatic rings. The molecule has 0 saturated heterocycles. The molecule has 0 aliphatic rings. The van der Waals surface area contributed by atoms with Gasteiger partial charge in [0, 0.05) is 6.54 Å². The van der Waals surface area contributed by atoms with Gasteiger partial charge in [-0.2, -0.15) is 0 Å². The lowest BCUT2D eigenvalue weighted by Crippen LogP contribution is -2.28. The SMILES string of the molecule is CCOc1ccccc1NC(=S)NCc1cccc(OC)c1. The summed E-state index contributed by atoms with van der Waals surface area (Å²) in [5.74, 6) is 1.62. The maximum absolute atomic E-state index is 5.56. The predicted octanol–water partition coefficient (Wildman–Crippen LogP) is 3.58. The van der Waals surface area contributed by atoms with Gasteiger partial charge in [-0.15, -0.1) is 0 Å². The van der Waals surface area contributed by atoms with Crippen LogP contribution in [-0.4, -0.2) is 18.8 Å². The van der Waals surface area contributed by atoms with Gasteiger partial charge in [-0.05, 0) is 49.0 Å². The Morgan fingerprint density at radius 1 is 1.14 bits per heavy atom. The zero-order valence-electron chi connectivity index (χ0n) is 12.8. The molecule has 22 heavy (non-hydrogen) atoms. The van der Waals surface area contributed by atoms with Crippen LogP contribution in [0.1, 0.15) is 12.5 Å². The average molecular weight is 316 g/mol. The lowest BCUT2D eigenvalue weighted by atomic mass is 10.2. The third-order valence-electron chi connectivity index (χ3n) is 3.02. The number of nitrogens with one attached hydrogen (secondary N) is 2. The molecule has 4 nitrogen and oxygen atoms in total. The number of thiocarbonyl (C=S) groups is 1. The summed E-state index contributed by atoms with van der Waals surface area (Å²) in [7, 11) is 1.66. The molecule has 0 aliphatic heterocycles. The van der Waals surface area contributed by atoms with E-state index in [4.69, 9.17) is 21.7 Å². The van der Waals surface area contributed by atoms with Crippen LogP contribution in [0.25, 0.3) is 0 Å². The summed E-state index contributed by atoms with van der Waals surface area (Å²) in [6.45, 7) is 3.19. The van der Waals surface area contributed by atoms with Crippen molar-refractivity contribution >= 4 is 23.0 Å². The van der Waals surface area contributed by atoms with E-state index < -0.39 is 0 Å². The number of ether oxygens (including phenoxy) is 2. The van der Waals surface area contributed by atoms with Gasteiger partial charge < -0.3 is 20.1 Å². The van der Waals surface area contributed by atoms with Crippen LogP contribution in [0, 0.1) is 0 Å². The summed E-state index contributed by atoms with van der Waals surface area (Å²) in [4.78, 5) is 0. The highest BCUT2D eigenvalue weighted by molar-refractivity contribution is 7.80. The molecule has 0 unspecified atom stereocenters. The van der Waals surface area contributed by atoms with E-state index in [1.807, 2.05) is 55.5 Å². The van der Waals surface area contributed by atoms with E-state index in [-0.39, 0.29) is 0 Å². The molecule has 5 heteroatoms. The van der Waals surface area contributed by atoms with Crippen molar-refractivity contribution in [1.29, 1.82) is 0 Å². The first-order valence-corrected chi connectivity index (χ1v) is 7.53. The normalized spacial score (nSPS) is 9.91. The summed E-state index contributed by atoms with van der Waals surface area (Å²) >= 11 is 5.33. The average Bonchev–Trinajstić information content (AvgIpc) is 2.55. The van der Waals surface area contributed by atoms with Crippen molar-refractivity contribution in [2.45, 2.75) is 13.5 Å². The molecule has 0 atom stereocenters. The van der Waals surface area contributed by atoms with Gasteiger partial charge in [-0.3, -0.25) is 0 Å². The van der Waals surface area contributed by atoms with E-state index in [1.165, 1.54) is 0 Å². The monoisotopic (exact) mass is 316 g/mol. The maximum Gasteiger partial charge on any atom is 0.171 e. The summed E-state index contributed by atoms with van der Waals surface area (Å²) in [6.07, 6.45) is 0. The molecule has 0 aromatic heterocycles. The Kier molecular flexibility index (Phi) is 6.03. The molecule has 2 aromatic carbocycles. The van der Waals surface area contributed by atoms with Crippen molar-refractivity contribution in [2.24, 2.45) is 0 Å². The number of hydrogen-bond acceptors (Lipinski definition) is 3. The van der Waals surface area contributed by atoms with Gasteiger partial charge >= 0.3 is 0 Å². The Labute approximate surface area is 136 Å². The zero-order chi connectivity index (χ0) is 15.8. The minimum absolute atomic E-state index is 0.551. The highest BCUT2D eigenvalue weighted by atomic mass is 32.1. The number of para-hydroxylation sites is 2. The van der Waals surface area contributed by atoms with E-state index in [0.717, 1.165) is 22.7 Å². The third-order valence-corrected chi connectivity index (χ3v) is 3.27. The minimum Gasteiger partial charge on any atom is -0.497 e. The minimum atomic E-state index is 0.551. The van der Waals surface area contributed by atoms with Crippen LogP contribution in [0.3, 0.4) is 0 Å². The van der Waals surface area contributed by atoms with Gasteiger partial charge in [-0.25, -0.2) is 0 Å². The van der Waals surface area contributed by atoms with Gasteiger partial charge in [-0.1, -0.05) is 24.3 Å². The van der Waals surface area contributed by atoms with Crippen LogP contribution < -0.4 is 20.1 Å². The van der Waals surface area contributed by atoms with Crippen molar-refractivity contribution in [3.63, 3.8) is 0 Å². The molecule has 0 amide bonds. The first kappa shape index (κ1) is 16.1.